The van der Waals surface area contributed by atoms with E-state index in [2.05, 4.69) is 29.4 Å². The Morgan fingerprint density at radius 3 is 2.77 bits per heavy atom. The summed E-state index contributed by atoms with van der Waals surface area (Å²) in [5.41, 5.74) is 10.6. The highest BCUT2D eigenvalue weighted by molar-refractivity contribution is 7.17. The number of nitrogens with zero attached hydrogens (tertiary/aromatic N) is 1. The fourth-order valence-electron chi connectivity index (χ4n) is 3.47. The Morgan fingerprint density at radius 2 is 2.07 bits per heavy atom. The van der Waals surface area contributed by atoms with Crippen LogP contribution in [-0.4, -0.2) is 31.1 Å². The zero-order chi connectivity index (χ0) is 21.7. The first kappa shape index (κ1) is 22.0. The van der Waals surface area contributed by atoms with Crippen LogP contribution in [0.25, 0.3) is 21.2 Å². The number of para-hydroxylation sites is 1. The molecule has 4 nitrogen and oxygen atoms in total. The Hall–Kier alpha value is -2.70. The van der Waals surface area contributed by atoms with Gasteiger partial charge in [-0.25, -0.2) is 4.39 Å². The van der Waals surface area contributed by atoms with E-state index < -0.39 is 5.82 Å². The summed E-state index contributed by atoms with van der Waals surface area (Å²) in [7, 11) is 1.67. The molecule has 3 aromatic rings. The van der Waals surface area contributed by atoms with Crippen molar-refractivity contribution in [3.8, 4) is 16.9 Å². The first-order valence-corrected chi connectivity index (χ1v) is 10.8. The van der Waals surface area contributed by atoms with Crippen molar-refractivity contribution < 1.29 is 14.2 Å². The quantitative estimate of drug-likeness (QED) is 0.478. The minimum atomic E-state index is -0.407. The lowest BCUT2D eigenvalue weighted by molar-refractivity contribution is 0.304. The fourth-order valence-corrected chi connectivity index (χ4v) is 4.49. The van der Waals surface area contributed by atoms with Gasteiger partial charge in [0.15, 0.2) is 11.6 Å². The highest BCUT2D eigenvalue weighted by Crippen LogP contribution is 2.36. The van der Waals surface area contributed by atoms with E-state index in [1.54, 1.807) is 24.5 Å². The normalized spacial score (nSPS) is 12.9. The van der Waals surface area contributed by atoms with Crippen LogP contribution in [0.5, 0.6) is 5.75 Å². The van der Waals surface area contributed by atoms with Crippen LogP contribution < -0.4 is 10.5 Å². The highest BCUT2D eigenvalue weighted by atomic mass is 32.1. The molecule has 0 aliphatic rings. The van der Waals surface area contributed by atoms with Gasteiger partial charge in [-0.1, -0.05) is 25.1 Å². The standard InChI is InChI=1S/C24H27FN2O2S/c1-4-16-14-30-23-9-8-17(12-20(16)23)19-6-5-7-21(25)24(19)29-11-10-18(15(2)27-3)22(26)13-28/h5-9,12,14,28H,4,10-11,13,26H2,1-3H3. The molecular weight excluding hydrogens is 399 g/mol. The van der Waals surface area contributed by atoms with Crippen LogP contribution in [0.2, 0.25) is 0 Å². The molecule has 6 heteroatoms. The number of aliphatic hydroxyl groups is 1. The SMILES string of the molecule is CCc1csc2ccc(-c3cccc(F)c3OCCC(C(C)=NC)=C(N)CO)cc12. The Morgan fingerprint density at radius 1 is 1.27 bits per heavy atom. The Bertz CT molecular complexity index is 1100. The molecule has 30 heavy (non-hydrogen) atoms. The van der Waals surface area contributed by atoms with Gasteiger partial charge in [-0.3, -0.25) is 4.99 Å². The van der Waals surface area contributed by atoms with Gasteiger partial charge in [0, 0.05) is 35.1 Å². The fraction of sp³-hybridized carbons (Fsp3) is 0.292. The maximum atomic E-state index is 14.7. The number of aryl methyl sites for hydroxylation is 1. The molecule has 2 aromatic carbocycles. The third kappa shape index (κ3) is 4.55. The molecule has 0 aliphatic heterocycles. The zero-order valence-electron chi connectivity index (χ0n) is 17.5. The number of ether oxygens (including phenoxy) is 1. The van der Waals surface area contributed by atoms with E-state index in [0.717, 1.165) is 23.3 Å². The van der Waals surface area contributed by atoms with E-state index in [9.17, 15) is 9.50 Å². The topological polar surface area (TPSA) is 67.8 Å². The van der Waals surface area contributed by atoms with Crippen LogP contribution >= 0.6 is 11.3 Å². The number of benzene rings is 2. The number of thiophene rings is 1. The minimum absolute atomic E-state index is 0.220. The van der Waals surface area contributed by atoms with E-state index >= 15 is 0 Å². The third-order valence-electron chi connectivity index (χ3n) is 5.24. The molecule has 0 bridgehead atoms. The molecule has 158 valence electrons. The van der Waals surface area contributed by atoms with Crippen molar-refractivity contribution in [3.05, 3.63) is 64.4 Å². The molecule has 0 radical (unpaired) electrons. The molecule has 0 unspecified atom stereocenters. The van der Waals surface area contributed by atoms with E-state index in [4.69, 9.17) is 10.5 Å². The predicted octanol–water partition coefficient (Wildman–Crippen LogP) is 5.33. The molecule has 3 N–H and O–H groups in total. The van der Waals surface area contributed by atoms with Crippen molar-refractivity contribution in [1.82, 2.24) is 0 Å². The number of fused-ring (bicyclic) bond motifs is 1. The lowest BCUT2D eigenvalue weighted by atomic mass is 10.0. The maximum Gasteiger partial charge on any atom is 0.165 e. The molecule has 0 atom stereocenters. The monoisotopic (exact) mass is 426 g/mol. The van der Waals surface area contributed by atoms with Crippen molar-refractivity contribution in [3.63, 3.8) is 0 Å². The second-order valence-electron chi connectivity index (χ2n) is 7.01. The number of hydrogen-bond acceptors (Lipinski definition) is 5. The first-order chi connectivity index (χ1) is 14.5. The molecule has 1 heterocycles. The largest absolute Gasteiger partial charge is 0.490 e. The van der Waals surface area contributed by atoms with Gasteiger partial charge in [0.25, 0.3) is 0 Å². The number of hydrogen-bond donors (Lipinski definition) is 2. The second-order valence-corrected chi connectivity index (χ2v) is 7.92. The molecule has 0 spiro atoms. The van der Waals surface area contributed by atoms with Gasteiger partial charge in [0.2, 0.25) is 0 Å². The summed E-state index contributed by atoms with van der Waals surface area (Å²) in [5, 5.41) is 12.8. The number of aliphatic imine (C=N–C) groups is 1. The average molecular weight is 427 g/mol. The van der Waals surface area contributed by atoms with Crippen molar-refractivity contribution in [2.75, 3.05) is 20.3 Å². The predicted molar refractivity (Wildman–Crippen MR) is 124 cm³/mol. The molecule has 0 amide bonds. The highest BCUT2D eigenvalue weighted by Gasteiger charge is 2.15. The van der Waals surface area contributed by atoms with Gasteiger partial charge in [-0.05, 0) is 59.0 Å². The van der Waals surface area contributed by atoms with Crippen LogP contribution in [0, 0.1) is 5.82 Å². The number of nitrogens with two attached hydrogens (primary N) is 1. The van der Waals surface area contributed by atoms with Crippen molar-refractivity contribution in [1.29, 1.82) is 0 Å². The lowest BCUT2D eigenvalue weighted by Crippen LogP contribution is -2.15. The molecule has 0 aliphatic carbocycles. The zero-order valence-corrected chi connectivity index (χ0v) is 18.4. The Kier molecular flexibility index (Phi) is 7.24. The van der Waals surface area contributed by atoms with Gasteiger partial charge < -0.3 is 15.6 Å². The van der Waals surface area contributed by atoms with E-state index in [0.29, 0.717) is 17.7 Å². The van der Waals surface area contributed by atoms with E-state index in [1.165, 1.54) is 21.7 Å². The molecule has 0 fully saturated rings. The van der Waals surface area contributed by atoms with Crippen LogP contribution in [0.15, 0.2) is 58.0 Å². The summed E-state index contributed by atoms with van der Waals surface area (Å²) < 4.78 is 21.8. The average Bonchev–Trinajstić information content (AvgIpc) is 3.18. The summed E-state index contributed by atoms with van der Waals surface area (Å²) in [6.07, 6.45) is 1.38. The number of rotatable bonds is 8. The van der Waals surface area contributed by atoms with E-state index in [-0.39, 0.29) is 19.0 Å². The van der Waals surface area contributed by atoms with Gasteiger partial charge in [0.05, 0.1) is 13.2 Å². The summed E-state index contributed by atoms with van der Waals surface area (Å²) in [4.78, 5) is 4.15. The van der Waals surface area contributed by atoms with Crippen LogP contribution in [0.1, 0.15) is 25.8 Å². The second kappa shape index (κ2) is 9.87. The van der Waals surface area contributed by atoms with Gasteiger partial charge in [-0.15, -0.1) is 11.3 Å². The van der Waals surface area contributed by atoms with E-state index in [1.807, 2.05) is 19.1 Å². The summed E-state index contributed by atoms with van der Waals surface area (Å²) in [5.74, 6) is -0.187. The number of aliphatic hydroxyl groups excluding tert-OH is 1. The third-order valence-corrected chi connectivity index (χ3v) is 6.25. The summed E-state index contributed by atoms with van der Waals surface area (Å²) in [6.45, 7) is 3.93. The van der Waals surface area contributed by atoms with Gasteiger partial charge in [-0.2, -0.15) is 0 Å². The van der Waals surface area contributed by atoms with Crippen molar-refractivity contribution >= 4 is 27.1 Å². The van der Waals surface area contributed by atoms with Crippen LogP contribution in [0.4, 0.5) is 4.39 Å². The minimum Gasteiger partial charge on any atom is -0.490 e. The molecular formula is C24H27FN2O2S. The van der Waals surface area contributed by atoms with Crippen LogP contribution in [-0.2, 0) is 6.42 Å². The summed E-state index contributed by atoms with van der Waals surface area (Å²) in [6, 6.07) is 11.1. The first-order valence-electron chi connectivity index (χ1n) is 9.94. The van der Waals surface area contributed by atoms with Crippen molar-refractivity contribution in [2.45, 2.75) is 26.7 Å². The lowest BCUT2D eigenvalue weighted by Gasteiger charge is -2.15. The van der Waals surface area contributed by atoms with Gasteiger partial charge >= 0.3 is 0 Å². The summed E-state index contributed by atoms with van der Waals surface area (Å²) >= 11 is 1.72. The molecule has 0 saturated heterocycles. The molecule has 3 rings (SSSR count). The number of halogens is 1. The Labute approximate surface area is 180 Å². The Balaban J connectivity index is 1.91. The van der Waals surface area contributed by atoms with Crippen LogP contribution in [0.3, 0.4) is 0 Å². The van der Waals surface area contributed by atoms with Gasteiger partial charge in [0.1, 0.15) is 0 Å². The molecule has 1 aromatic heterocycles. The smallest absolute Gasteiger partial charge is 0.165 e. The maximum absolute atomic E-state index is 14.7. The van der Waals surface area contributed by atoms with Crippen molar-refractivity contribution in [2.24, 2.45) is 10.7 Å². The molecule has 0 saturated carbocycles.